The molecule has 1 amide bonds. The van der Waals surface area contributed by atoms with Gasteiger partial charge in [0, 0.05) is 11.6 Å². The van der Waals surface area contributed by atoms with E-state index in [4.69, 9.17) is 27.9 Å². The van der Waals surface area contributed by atoms with Gasteiger partial charge in [-0.2, -0.15) is 4.99 Å². The zero-order chi connectivity index (χ0) is 17.1. The third kappa shape index (κ3) is 3.64. The Balaban J connectivity index is 1.82. The zero-order valence-electron chi connectivity index (χ0n) is 12.8. The van der Waals surface area contributed by atoms with Crippen LogP contribution in [0.4, 0.5) is 0 Å². The number of benzene rings is 2. The molecule has 3 aromatic rings. The first kappa shape index (κ1) is 17.0. The molecule has 0 bridgehead atoms. The molecule has 0 saturated carbocycles. The van der Waals surface area contributed by atoms with Gasteiger partial charge < -0.3 is 9.30 Å². The van der Waals surface area contributed by atoms with Gasteiger partial charge >= 0.3 is 0 Å². The highest BCUT2D eigenvalue weighted by Crippen LogP contribution is 2.27. The summed E-state index contributed by atoms with van der Waals surface area (Å²) in [5, 5.41) is 0.874. The summed E-state index contributed by atoms with van der Waals surface area (Å²) in [6.45, 7) is 2.58. The van der Waals surface area contributed by atoms with Crippen LogP contribution >= 0.6 is 34.5 Å². The maximum Gasteiger partial charge on any atom is 0.286 e. The monoisotopic (exact) mass is 380 g/mol. The summed E-state index contributed by atoms with van der Waals surface area (Å²) in [5.74, 6) is 0.0408. The standard InChI is InChI=1S/C17H14Cl2N2O2S/c1-2-21-13-5-3-4-6-15(13)24-17(21)20-16(22)10-23-14-8-7-11(18)9-12(14)19/h3-9H,2,10H2,1H3. The van der Waals surface area contributed by atoms with E-state index in [0.29, 0.717) is 20.6 Å². The van der Waals surface area contributed by atoms with Crippen molar-refractivity contribution < 1.29 is 9.53 Å². The molecule has 0 unspecified atom stereocenters. The number of hydrogen-bond donors (Lipinski definition) is 0. The predicted octanol–water partition coefficient (Wildman–Crippen LogP) is 4.54. The van der Waals surface area contributed by atoms with Crippen LogP contribution in [0.1, 0.15) is 6.92 Å². The normalized spacial score (nSPS) is 11.9. The SMILES string of the molecule is CCn1c(=NC(=O)COc2ccc(Cl)cc2Cl)sc2ccccc21. The summed E-state index contributed by atoms with van der Waals surface area (Å²) >= 11 is 13.3. The molecule has 2 aromatic carbocycles. The smallest absolute Gasteiger partial charge is 0.286 e. The average Bonchev–Trinajstić information content (AvgIpc) is 2.90. The Morgan fingerprint density at radius 3 is 2.79 bits per heavy atom. The molecule has 0 aliphatic rings. The summed E-state index contributed by atoms with van der Waals surface area (Å²) in [5.41, 5.74) is 1.07. The van der Waals surface area contributed by atoms with Gasteiger partial charge in [-0.25, -0.2) is 0 Å². The van der Waals surface area contributed by atoms with E-state index in [0.717, 1.165) is 16.8 Å². The Labute approximate surface area is 152 Å². The topological polar surface area (TPSA) is 43.6 Å². The van der Waals surface area contributed by atoms with E-state index in [1.54, 1.807) is 18.2 Å². The van der Waals surface area contributed by atoms with Crippen LogP contribution in [0.5, 0.6) is 5.75 Å². The maximum absolute atomic E-state index is 12.1. The summed E-state index contributed by atoms with van der Waals surface area (Å²) in [6.07, 6.45) is 0. The number of fused-ring (bicyclic) bond motifs is 1. The molecule has 0 aliphatic carbocycles. The van der Waals surface area contributed by atoms with Gasteiger partial charge in [0.2, 0.25) is 0 Å². The second-order valence-corrected chi connectivity index (χ2v) is 6.82. The number of ether oxygens (including phenoxy) is 1. The number of halogens is 2. The molecule has 0 radical (unpaired) electrons. The highest BCUT2D eigenvalue weighted by molar-refractivity contribution is 7.16. The molecule has 3 rings (SSSR count). The maximum atomic E-state index is 12.1. The molecule has 0 N–H and O–H groups in total. The molecule has 7 heteroatoms. The second-order valence-electron chi connectivity index (χ2n) is 4.97. The van der Waals surface area contributed by atoms with Gasteiger partial charge in [-0.15, -0.1) is 0 Å². The Morgan fingerprint density at radius 2 is 2.04 bits per heavy atom. The number of amides is 1. The largest absolute Gasteiger partial charge is 0.482 e. The minimum absolute atomic E-state index is 0.181. The van der Waals surface area contributed by atoms with Crippen LogP contribution in [0.2, 0.25) is 10.0 Å². The summed E-state index contributed by atoms with van der Waals surface area (Å²) in [6, 6.07) is 12.8. The van der Waals surface area contributed by atoms with Crippen molar-refractivity contribution in [3.05, 3.63) is 57.3 Å². The van der Waals surface area contributed by atoms with Crippen LogP contribution < -0.4 is 9.54 Å². The Kier molecular flexibility index (Phi) is 5.23. The lowest BCUT2D eigenvalue weighted by Crippen LogP contribution is -2.18. The average molecular weight is 381 g/mol. The first-order valence-corrected chi connectivity index (χ1v) is 8.89. The summed E-state index contributed by atoms with van der Waals surface area (Å²) < 4.78 is 8.53. The van der Waals surface area contributed by atoms with Crippen molar-refractivity contribution >= 4 is 50.7 Å². The van der Waals surface area contributed by atoms with Gasteiger partial charge in [0.1, 0.15) is 5.75 Å². The van der Waals surface area contributed by atoms with E-state index in [2.05, 4.69) is 4.99 Å². The molecule has 0 saturated heterocycles. The number of aryl methyl sites for hydroxylation is 1. The lowest BCUT2D eigenvalue weighted by atomic mass is 10.3. The number of hydrogen-bond acceptors (Lipinski definition) is 3. The lowest BCUT2D eigenvalue weighted by molar-refractivity contribution is -0.120. The third-order valence-electron chi connectivity index (χ3n) is 3.37. The molecule has 124 valence electrons. The Hall–Kier alpha value is -1.82. The Morgan fingerprint density at radius 1 is 1.25 bits per heavy atom. The van der Waals surface area contributed by atoms with Crippen LogP contribution in [0.15, 0.2) is 47.5 Å². The molecule has 1 aromatic heterocycles. The van der Waals surface area contributed by atoms with Crippen LogP contribution in [-0.2, 0) is 11.3 Å². The predicted molar refractivity (Wildman–Crippen MR) is 98.0 cm³/mol. The van der Waals surface area contributed by atoms with E-state index >= 15 is 0 Å². The number of para-hydroxylation sites is 1. The fourth-order valence-corrected chi connectivity index (χ4v) is 3.86. The number of carbonyl (C=O) groups is 1. The fourth-order valence-electron chi connectivity index (χ4n) is 2.28. The fraction of sp³-hybridized carbons (Fsp3) is 0.176. The third-order valence-corrected chi connectivity index (χ3v) is 4.96. The van der Waals surface area contributed by atoms with Crippen molar-refractivity contribution in [1.82, 2.24) is 4.57 Å². The van der Waals surface area contributed by atoms with Crippen molar-refractivity contribution in [2.24, 2.45) is 4.99 Å². The van der Waals surface area contributed by atoms with Gasteiger partial charge in [0.15, 0.2) is 11.4 Å². The quantitative estimate of drug-likeness (QED) is 0.666. The summed E-state index contributed by atoms with van der Waals surface area (Å²) in [4.78, 5) is 17.0. The van der Waals surface area contributed by atoms with E-state index in [9.17, 15) is 4.79 Å². The summed E-state index contributed by atoms with van der Waals surface area (Å²) in [7, 11) is 0. The molecular formula is C17H14Cl2N2O2S. The van der Waals surface area contributed by atoms with Gasteiger partial charge in [-0.3, -0.25) is 4.79 Å². The molecule has 4 nitrogen and oxygen atoms in total. The number of carbonyl (C=O) groups excluding carboxylic acids is 1. The number of thiazole rings is 1. The first-order chi connectivity index (χ1) is 11.6. The number of aromatic nitrogens is 1. The Bertz CT molecular complexity index is 963. The lowest BCUT2D eigenvalue weighted by Gasteiger charge is -2.05. The van der Waals surface area contributed by atoms with E-state index in [1.165, 1.54) is 11.3 Å². The van der Waals surface area contributed by atoms with Crippen LogP contribution in [-0.4, -0.2) is 17.1 Å². The second kappa shape index (κ2) is 7.38. The number of nitrogens with zero attached hydrogens (tertiary/aromatic N) is 2. The van der Waals surface area contributed by atoms with E-state index in [-0.39, 0.29) is 12.5 Å². The molecule has 0 spiro atoms. The van der Waals surface area contributed by atoms with Crippen LogP contribution in [0.3, 0.4) is 0 Å². The molecular weight excluding hydrogens is 367 g/mol. The van der Waals surface area contributed by atoms with Gasteiger partial charge in [-0.05, 0) is 37.3 Å². The minimum Gasteiger partial charge on any atom is -0.482 e. The van der Waals surface area contributed by atoms with Crippen molar-refractivity contribution in [1.29, 1.82) is 0 Å². The molecule has 0 aliphatic heterocycles. The number of rotatable bonds is 4. The highest BCUT2D eigenvalue weighted by Gasteiger charge is 2.08. The van der Waals surface area contributed by atoms with Crippen LogP contribution in [0.25, 0.3) is 10.2 Å². The van der Waals surface area contributed by atoms with Crippen molar-refractivity contribution in [3.8, 4) is 5.75 Å². The van der Waals surface area contributed by atoms with Crippen molar-refractivity contribution in [2.75, 3.05) is 6.61 Å². The van der Waals surface area contributed by atoms with Crippen molar-refractivity contribution in [3.63, 3.8) is 0 Å². The zero-order valence-corrected chi connectivity index (χ0v) is 15.2. The molecule has 1 heterocycles. The first-order valence-electron chi connectivity index (χ1n) is 7.32. The molecule has 0 fully saturated rings. The molecule has 0 atom stereocenters. The van der Waals surface area contributed by atoms with Gasteiger partial charge in [-0.1, -0.05) is 46.7 Å². The highest BCUT2D eigenvalue weighted by atomic mass is 35.5. The van der Waals surface area contributed by atoms with Crippen molar-refractivity contribution in [2.45, 2.75) is 13.5 Å². The van der Waals surface area contributed by atoms with Crippen LogP contribution in [0, 0.1) is 0 Å². The van der Waals surface area contributed by atoms with E-state index in [1.807, 2.05) is 35.8 Å². The van der Waals surface area contributed by atoms with Gasteiger partial charge in [0.05, 0.1) is 15.2 Å². The van der Waals surface area contributed by atoms with Gasteiger partial charge in [0.25, 0.3) is 5.91 Å². The van der Waals surface area contributed by atoms with E-state index < -0.39 is 0 Å². The molecule has 24 heavy (non-hydrogen) atoms. The minimum atomic E-state index is -0.366.